The van der Waals surface area contributed by atoms with E-state index in [2.05, 4.69) is 35.8 Å². The van der Waals surface area contributed by atoms with E-state index in [-0.39, 0.29) is 5.76 Å². The molecular weight excluding hydrogens is 360 g/mol. The summed E-state index contributed by atoms with van der Waals surface area (Å²) >= 11 is 5.97. The number of rotatable bonds is 5. The Kier molecular flexibility index (Phi) is 6.40. The van der Waals surface area contributed by atoms with Crippen LogP contribution >= 0.6 is 11.6 Å². The minimum atomic E-state index is -0.549. The van der Waals surface area contributed by atoms with E-state index < -0.39 is 5.92 Å². The van der Waals surface area contributed by atoms with Crippen LogP contribution < -0.4 is 4.90 Å². The molecule has 0 bridgehead atoms. The number of allylic oxidation sites excluding steroid dienone is 5. The van der Waals surface area contributed by atoms with Crippen molar-refractivity contribution >= 4 is 23.6 Å². The molecule has 1 aliphatic carbocycles. The Morgan fingerprint density at radius 1 is 1.15 bits per heavy atom. The Morgan fingerprint density at radius 2 is 1.81 bits per heavy atom. The van der Waals surface area contributed by atoms with Gasteiger partial charge in [-0.1, -0.05) is 37.6 Å². The summed E-state index contributed by atoms with van der Waals surface area (Å²) in [4.78, 5) is 16.3. The summed E-state index contributed by atoms with van der Waals surface area (Å²) in [6.07, 6.45) is 6.63. The highest BCUT2D eigenvalue weighted by atomic mass is 35.5. The van der Waals surface area contributed by atoms with Crippen molar-refractivity contribution in [2.75, 3.05) is 37.6 Å². The Bertz CT molecular complexity index is 757. The lowest BCUT2D eigenvalue weighted by Crippen LogP contribution is -2.47. The minimum absolute atomic E-state index is 0.147. The van der Waals surface area contributed by atoms with Gasteiger partial charge in [-0.3, -0.25) is 4.90 Å². The van der Waals surface area contributed by atoms with Crippen LogP contribution in [0.1, 0.15) is 13.8 Å². The van der Waals surface area contributed by atoms with Crippen LogP contribution in [0.5, 0.6) is 0 Å². The standard InChI is InChI=1S/C22H27ClN2O2/c1-16(2)17-3-4-18(21(15-26)22(27)13-17)14-24-9-11-25(12-10-24)20-7-5-19(23)6-8-20/h3-8,13,15-16,21,27H,9-12,14H2,1-2H3. The van der Waals surface area contributed by atoms with Crippen LogP contribution in [0, 0.1) is 11.8 Å². The zero-order valence-electron chi connectivity index (χ0n) is 15.9. The molecule has 0 radical (unpaired) electrons. The van der Waals surface area contributed by atoms with Gasteiger partial charge in [0.25, 0.3) is 0 Å². The van der Waals surface area contributed by atoms with Crippen LogP contribution in [0.15, 0.2) is 59.4 Å². The average molecular weight is 387 g/mol. The molecule has 4 nitrogen and oxygen atoms in total. The lowest BCUT2D eigenvalue weighted by Gasteiger charge is -2.37. The molecule has 1 unspecified atom stereocenters. The highest BCUT2D eigenvalue weighted by Gasteiger charge is 2.25. The van der Waals surface area contributed by atoms with E-state index in [9.17, 15) is 9.90 Å². The molecule has 0 amide bonds. The summed E-state index contributed by atoms with van der Waals surface area (Å²) in [7, 11) is 0. The van der Waals surface area contributed by atoms with E-state index in [4.69, 9.17) is 11.6 Å². The van der Waals surface area contributed by atoms with Crippen LogP contribution in [0.3, 0.4) is 0 Å². The Balaban J connectivity index is 1.66. The molecule has 1 saturated heterocycles. The van der Waals surface area contributed by atoms with Gasteiger partial charge in [-0.15, -0.1) is 0 Å². The summed E-state index contributed by atoms with van der Waals surface area (Å²) in [5, 5.41) is 11.1. The molecule has 1 N–H and O–H groups in total. The predicted octanol–water partition coefficient (Wildman–Crippen LogP) is 4.24. The van der Waals surface area contributed by atoms with Gasteiger partial charge >= 0.3 is 0 Å². The normalized spacial score (nSPS) is 21.4. The molecule has 5 heteroatoms. The number of anilines is 1. The number of benzene rings is 1. The molecule has 0 aromatic heterocycles. The van der Waals surface area contributed by atoms with Gasteiger partial charge in [-0.05, 0) is 47.4 Å². The lowest BCUT2D eigenvalue weighted by molar-refractivity contribution is -0.110. The van der Waals surface area contributed by atoms with Gasteiger partial charge in [0.05, 0.1) is 5.92 Å². The molecule has 1 atom stereocenters. The van der Waals surface area contributed by atoms with Crippen LogP contribution in [0.2, 0.25) is 5.02 Å². The third kappa shape index (κ3) is 4.82. The van der Waals surface area contributed by atoms with Crippen LogP contribution in [-0.2, 0) is 4.79 Å². The molecule has 1 heterocycles. The largest absolute Gasteiger partial charge is 0.511 e. The van der Waals surface area contributed by atoms with Crippen molar-refractivity contribution in [2.45, 2.75) is 13.8 Å². The molecule has 144 valence electrons. The smallest absolute Gasteiger partial charge is 0.134 e. The molecule has 2 aliphatic rings. The maximum absolute atomic E-state index is 11.6. The first-order valence-electron chi connectivity index (χ1n) is 9.47. The van der Waals surface area contributed by atoms with E-state index >= 15 is 0 Å². The van der Waals surface area contributed by atoms with Gasteiger partial charge in [0, 0.05) is 43.4 Å². The second kappa shape index (κ2) is 8.77. The van der Waals surface area contributed by atoms with Crippen molar-refractivity contribution in [2.24, 2.45) is 11.8 Å². The number of carbonyl (C=O) groups is 1. The van der Waals surface area contributed by atoms with Crippen molar-refractivity contribution < 1.29 is 9.90 Å². The maximum atomic E-state index is 11.6. The van der Waals surface area contributed by atoms with Gasteiger partial charge in [-0.25, -0.2) is 0 Å². The van der Waals surface area contributed by atoms with E-state index in [0.717, 1.165) is 48.6 Å². The third-order valence-electron chi connectivity index (χ3n) is 5.30. The molecule has 27 heavy (non-hydrogen) atoms. The Hall–Kier alpha value is -2.04. The number of piperazine rings is 1. The van der Waals surface area contributed by atoms with E-state index in [1.807, 2.05) is 24.3 Å². The highest BCUT2D eigenvalue weighted by Crippen LogP contribution is 2.26. The average Bonchev–Trinajstić information content (AvgIpc) is 2.81. The van der Waals surface area contributed by atoms with Gasteiger partial charge < -0.3 is 14.8 Å². The number of nitrogens with zero attached hydrogens (tertiary/aromatic N) is 2. The first-order valence-corrected chi connectivity index (χ1v) is 9.85. The zero-order chi connectivity index (χ0) is 19.4. The number of aldehydes is 1. The van der Waals surface area contributed by atoms with Crippen LogP contribution in [0.4, 0.5) is 5.69 Å². The Morgan fingerprint density at radius 3 is 2.41 bits per heavy atom. The number of hydrogen-bond acceptors (Lipinski definition) is 4. The van der Waals surface area contributed by atoms with Crippen LogP contribution in [0.25, 0.3) is 0 Å². The SMILES string of the molecule is CC(C)C1=CC=C(CN2CCN(c3ccc(Cl)cc3)CC2)C(C=O)C(O)=C1. The Labute approximate surface area is 166 Å². The number of carbonyl (C=O) groups excluding carboxylic acids is 1. The second-order valence-electron chi connectivity index (χ2n) is 7.49. The summed E-state index contributed by atoms with van der Waals surface area (Å²) in [6, 6.07) is 7.94. The summed E-state index contributed by atoms with van der Waals surface area (Å²) < 4.78 is 0. The van der Waals surface area contributed by atoms with Gasteiger partial charge in [0.1, 0.15) is 12.0 Å². The lowest BCUT2D eigenvalue weighted by atomic mass is 9.97. The number of aliphatic hydroxyl groups excluding tert-OH is 1. The molecule has 1 fully saturated rings. The third-order valence-corrected chi connectivity index (χ3v) is 5.55. The molecule has 0 saturated carbocycles. The van der Waals surface area contributed by atoms with Gasteiger partial charge in [0.2, 0.25) is 0 Å². The monoisotopic (exact) mass is 386 g/mol. The summed E-state index contributed by atoms with van der Waals surface area (Å²) in [5.74, 6) is -0.0988. The van der Waals surface area contributed by atoms with Crippen molar-refractivity contribution in [3.8, 4) is 0 Å². The fourth-order valence-electron chi connectivity index (χ4n) is 3.55. The van der Waals surface area contributed by atoms with Crippen molar-refractivity contribution in [3.63, 3.8) is 0 Å². The summed E-state index contributed by atoms with van der Waals surface area (Å²) in [6.45, 7) is 8.54. The topological polar surface area (TPSA) is 43.8 Å². The molecule has 0 spiro atoms. The predicted molar refractivity (Wildman–Crippen MR) is 111 cm³/mol. The summed E-state index contributed by atoms with van der Waals surface area (Å²) in [5.41, 5.74) is 3.18. The molecule has 1 aromatic carbocycles. The maximum Gasteiger partial charge on any atom is 0.134 e. The second-order valence-corrected chi connectivity index (χ2v) is 7.92. The minimum Gasteiger partial charge on any atom is -0.511 e. The van der Waals surface area contributed by atoms with Gasteiger partial charge in [-0.2, -0.15) is 0 Å². The first-order chi connectivity index (χ1) is 13.0. The number of halogens is 1. The van der Waals surface area contributed by atoms with Crippen molar-refractivity contribution in [1.29, 1.82) is 0 Å². The van der Waals surface area contributed by atoms with Crippen molar-refractivity contribution in [1.82, 2.24) is 4.90 Å². The fraction of sp³-hybridized carbons (Fsp3) is 0.409. The number of hydrogen-bond donors (Lipinski definition) is 1. The molecule has 1 aromatic rings. The molecule has 1 aliphatic heterocycles. The zero-order valence-corrected chi connectivity index (χ0v) is 16.7. The van der Waals surface area contributed by atoms with E-state index in [0.29, 0.717) is 12.5 Å². The quantitative estimate of drug-likeness (QED) is 0.768. The molecule has 3 rings (SSSR count). The van der Waals surface area contributed by atoms with E-state index in [1.54, 1.807) is 6.08 Å². The first kappa shape index (κ1) is 19.7. The van der Waals surface area contributed by atoms with E-state index in [1.165, 1.54) is 5.69 Å². The van der Waals surface area contributed by atoms with Gasteiger partial charge in [0.15, 0.2) is 0 Å². The fourth-order valence-corrected chi connectivity index (χ4v) is 3.67. The van der Waals surface area contributed by atoms with Crippen molar-refractivity contribution in [3.05, 3.63) is 64.4 Å². The van der Waals surface area contributed by atoms with Crippen LogP contribution in [-0.4, -0.2) is 49.0 Å². The number of aliphatic hydroxyl groups is 1. The highest BCUT2D eigenvalue weighted by molar-refractivity contribution is 6.30. The molecular formula is C22H27ClN2O2.